The zero-order valence-electron chi connectivity index (χ0n) is 21.7. The zero-order chi connectivity index (χ0) is 25.8. The van der Waals surface area contributed by atoms with Crippen molar-refractivity contribution in [2.24, 2.45) is 22.7 Å². The lowest BCUT2D eigenvalue weighted by Gasteiger charge is -2.34. The number of carbonyl (C=O) groups is 3. The van der Waals surface area contributed by atoms with E-state index in [9.17, 15) is 19.6 Å². The average Bonchev–Trinajstić information content (AvgIpc) is 2.69. The first kappa shape index (κ1) is 31.0. The van der Waals surface area contributed by atoms with E-state index in [1.807, 2.05) is 41.5 Å². The summed E-state index contributed by atoms with van der Waals surface area (Å²) in [6.45, 7) is 16.0. The van der Waals surface area contributed by atoms with E-state index in [-0.39, 0.29) is 24.8 Å². The number of carbonyl (C=O) groups excluding carboxylic acids is 3. The van der Waals surface area contributed by atoms with Crippen molar-refractivity contribution in [2.45, 2.75) is 60.4 Å². The van der Waals surface area contributed by atoms with E-state index < -0.39 is 34.6 Å². The first-order valence-corrected chi connectivity index (χ1v) is 11.4. The summed E-state index contributed by atoms with van der Waals surface area (Å²) in [4.78, 5) is 38.6. The van der Waals surface area contributed by atoms with Crippen molar-refractivity contribution in [1.82, 2.24) is 15.7 Å². The zero-order valence-corrected chi connectivity index (χ0v) is 21.7. The molecule has 9 nitrogen and oxygen atoms in total. The van der Waals surface area contributed by atoms with Crippen LogP contribution in [-0.2, 0) is 23.9 Å². The number of amides is 3. The van der Waals surface area contributed by atoms with Gasteiger partial charge in [-0.1, -0.05) is 47.6 Å². The highest BCUT2D eigenvalue weighted by molar-refractivity contribution is 5.91. The quantitative estimate of drug-likeness (QED) is 0.192. The molecular weight excluding hydrogens is 426 g/mol. The maximum atomic E-state index is 13.2. The Morgan fingerprint density at radius 2 is 1.61 bits per heavy atom. The molecule has 0 aromatic heterocycles. The second-order valence-corrected chi connectivity index (χ2v) is 10.5. The van der Waals surface area contributed by atoms with Gasteiger partial charge in [0, 0.05) is 38.5 Å². The Labute approximate surface area is 199 Å². The van der Waals surface area contributed by atoms with Gasteiger partial charge < -0.3 is 20.1 Å². The van der Waals surface area contributed by atoms with Crippen molar-refractivity contribution >= 4 is 17.7 Å². The van der Waals surface area contributed by atoms with E-state index in [0.717, 1.165) is 0 Å². The monoisotopic (exact) mass is 471 g/mol. The first-order valence-electron chi connectivity index (χ1n) is 11.4. The minimum absolute atomic E-state index is 0.0242. The minimum Gasteiger partial charge on any atom is -0.384 e. The normalized spacial score (nSPS) is 13.9. The van der Waals surface area contributed by atoms with Gasteiger partial charge in [0.15, 0.2) is 0 Å². The van der Waals surface area contributed by atoms with Gasteiger partial charge in [0.1, 0.15) is 6.04 Å². The van der Waals surface area contributed by atoms with Crippen molar-refractivity contribution in [3.05, 3.63) is 12.7 Å². The van der Waals surface area contributed by atoms with Crippen molar-refractivity contribution < 1.29 is 29.1 Å². The highest BCUT2D eigenvalue weighted by Gasteiger charge is 2.36. The van der Waals surface area contributed by atoms with Crippen molar-refractivity contribution in [1.29, 1.82) is 0 Å². The summed E-state index contributed by atoms with van der Waals surface area (Å²) >= 11 is 0. The first-order chi connectivity index (χ1) is 15.2. The van der Waals surface area contributed by atoms with Crippen LogP contribution in [0.2, 0.25) is 0 Å². The summed E-state index contributed by atoms with van der Waals surface area (Å²) in [7, 11) is 3.18. The molecule has 9 heteroatoms. The van der Waals surface area contributed by atoms with Gasteiger partial charge in [-0.2, -0.15) is 0 Å². The molecule has 0 aromatic rings. The fourth-order valence-corrected chi connectivity index (χ4v) is 3.57. The average molecular weight is 472 g/mol. The van der Waals surface area contributed by atoms with Gasteiger partial charge in [-0.05, 0) is 17.8 Å². The van der Waals surface area contributed by atoms with Crippen molar-refractivity contribution in [3.8, 4) is 0 Å². The summed E-state index contributed by atoms with van der Waals surface area (Å²) in [6.07, 6.45) is 1.68. The fourth-order valence-electron chi connectivity index (χ4n) is 3.57. The van der Waals surface area contributed by atoms with Gasteiger partial charge in [-0.3, -0.25) is 19.6 Å². The molecule has 0 aliphatic carbocycles. The van der Waals surface area contributed by atoms with Gasteiger partial charge in [0.2, 0.25) is 17.7 Å². The molecule has 3 N–H and O–H groups in total. The Morgan fingerprint density at radius 1 is 1.06 bits per heavy atom. The third kappa shape index (κ3) is 11.6. The Kier molecular flexibility index (Phi) is 13.5. The maximum Gasteiger partial charge on any atom is 0.247 e. The molecule has 0 rings (SSSR count). The molecule has 3 amide bonds. The van der Waals surface area contributed by atoms with Gasteiger partial charge in [0.05, 0.1) is 19.8 Å². The lowest BCUT2D eigenvalue weighted by atomic mass is 9.84. The summed E-state index contributed by atoms with van der Waals surface area (Å²) in [5.41, 5.74) is -0.995. The molecule has 0 saturated carbocycles. The van der Waals surface area contributed by atoms with Gasteiger partial charge in [0.25, 0.3) is 0 Å². The molecule has 0 aromatic carbocycles. The van der Waals surface area contributed by atoms with Crippen molar-refractivity contribution in [3.63, 3.8) is 0 Å². The van der Waals surface area contributed by atoms with E-state index in [1.54, 1.807) is 14.2 Å². The smallest absolute Gasteiger partial charge is 0.247 e. The van der Waals surface area contributed by atoms with Crippen LogP contribution >= 0.6 is 0 Å². The fraction of sp³-hybridized carbons (Fsp3) is 0.792. The summed E-state index contributed by atoms with van der Waals surface area (Å²) in [5, 5.41) is 16.1. The summed E-state index contributed by atoms with van der Waals surface area (Å²) < 4.78 is 10.5. The number of ether oxygens (including phenoxy) is 2. The van der Waals surface area contributed by atoms with E-state index in [0.29, 0.717) is 31.2 Å². The number of nitrogens with one attached hydrogen (secondary N) is 2. The van der Waals surface area contributed by atoms with Crippen LogP contribution in [0.4, 0.5) is 0 Å². The largest absolute Gasteiger partial charge is 0.384 e. The number of nitrogens with zero attached hydrogens (tertiary/aromatic N) is 1. The molecule has 0 aliphatic rings. The van der Waals surface area contributed by atoms with E-state index >= 15 is 0 Å². The highest BCUT2D eigenvalue weighted by Crippen LogP contribution is 2.23. The third-order valence-electron chi connectivity index (χ3n) is 5.23. The second kappa shape index (κ2) is 14.3. The van der Waals surface area contributed by atoms with Crippen LogP contribution in [0.5, 0.6) is 0 Å². The molecule has 2 atom stereocenters. The van der Waals surface area contributed by atoms with E-state index in [2.05, 4.69) is 17.2 Å². The minimum atomic E-state index is -0.817. The van der Waals surface area contributed by atoms with Crippen LogP contribution in [-0.4, -0.2) is 74.6 Å². The Balaban J connectivity index is 5.49. The molecule has 0 unspecified atom stereocenters. The van der Waals surface area contributed by atoms with E-state index in [1.165, 1.54) is 6.08 Å². The number of hydrogen-bond donors (Lipinski definition) is 3. The molecule has 0 radical (unpaired) electrons. The number of methoxy groups -OCH3 is 2. The third-order valence-corrected chi connectivity index (χ3v) is 5.23. The number of hydrogen-bond acceptors (Lipinski definition) is 6. The molecule has 0 aliphatic heterocycles. The maximum absolute atomic E-state index is 13.2. The summed E-state index contributed by atoms with van der Waals surface area (Å²) in [6, 6.07) is -0.817. The topological polar surface area (TPSA) is 117 Å². The van der Waals surface area contributed by atoms with Gasteiger partial charge >= 0.3 is 0 Å². The van der Waals surface area contributed by atoms with Gasteiger partial charge in [-0.25, -0.2) is 5.06 Å². The molecule has 0 bridgehead atoms. The second-order valence-electron chi connectivity index (χ2n) is 10.5. The molecule has 0 saturated heterocycles. The van der Waals surface area contributed by atoms with Gasteiger partial charge in [-0.15, -0.1) is 6.58 Å². The molecule has 0 spiro atoms. The molecule has 0 fully saturated rings. The Hall–Kier alpha value is -1.97. The molecule has 0 heterocycles. The van der Waals surface area contributed by atoms with E-state index in [4.69, 9.17) is 9.47 Å². The predicted octanol–water partition coefficient (Wildman–Crippen LogP) is 2.39. The van der Waals surface area contributed by atoms with Crippen LogP contribution in [0.3, 0.4) is 0 Å². The van der Waals surface area contributed by atoms with Crippen LogP contribution < -0.4 is 10.6 Å². The van der Waals surface area contributed by atoms with Crippen LogP contribution in [0.15, 0.2) is 12.7 Å². The number of hydroxylamine groups is 2. The van der Waals surface area contributed by atoms with Crippen molar-refractivity contribution in [2.75, 3.05) is 40.5 Å². The Bertz CT molecular complexity index is 639. The Morgan fingerprint density at radius 3 is 2.03 bits per heavy atom. The summed E-state index contributed by atoms with van der Waals surface area (Å²) in [5.74, 6) is -1.81. The van der Waals surface area contributed by atoms with Crippen LogP contribution in [0, 0.1) is 22.7 Å². The molecule has 33 heavy (non-hydrogen) atoms. The predicted molar refractivity (Wildman–Crippen MR) is 128 cm³/mol. The van der Waals surface area contributed by atoms with Crippen LogP contribution in [0.1, 0.15) is 54.4 Å². The lowest BCUT2D eigenvalue weighted by molar-refractivity contribution is -0.165. The highest BCUT2D eigenvalue weighted by atomic mass is 16.5. The SMILES string of the molecule is C=CCN(O)C(=O)C[C@@H](CC(C)C)C(=O)N[C@H](C(=O)NCC(C)(COC)COC)C(C)(C)C. The number of rotatable bonds is 15. The molecule has 192 valence electrons. The molecular formula is C24H45N3O6. The lowest BCUT2D eigenvalue weighted by Crippen LogP contribution is -2.56. The standard InChI is InChI=1S/C24H45N3O6/c1-10-11-27(31)19(28)13-18(12-17(2)3)21(29)26-20(23(4,5)6)22(30)25-14-24(7,15-32-8)16-33-9/h10,17-18,20,31H,1,11-16H2,2-9H3,(H,25,30)(H,26,29)/t18-,20-/m1/s1. The van der Waals surface area contributed by atoms with Crippen LogP contribution in [0.25, 0.3) is 0 Å².